The van der Waals surface area contributed by atoms with E-state index in [1.54, 1.807) is 0 Å². The van der Waals surface area contributed by atoms with Crippen molar-refractivity contribution in [2.24, 2.45) is 0 Å². The molecule has 8 heteroatoms. The second-order valence-corrected chi connectivity index (χ2v) is 8.05. The Bertz CT molecular complexity index is 1050. The summed E-state index contributed by atoms with van der Waals surface area (Å²) < 4.78 is 33.5. The lowest BCUT2D eigenvalue weighted by atomic mass is 9.92. The fraction of sp³-hybridized carbons (Fsp3) is 0.143. The first kappa shape index (κ1) is 20.5. The molecule has 0 aliphatic rings. The standard InChI is InChI=1S/C21H20N2O5S/c1-28-20-14-18(23(24)25)12-13-21(20)29(26,27)22-15-19(16-8-4-2-5-9-16)17-10-6-3-7-11-17/h2-14,19,22H,15H2,1H3. The van der Waals surface area contributed by atoms with Gasteiger partial charge in [0.2, 0.25) is 10.0 Å². The molecule has 0 bridgehead atoms. The van der Waals surface area contributed by atoms with Crippen molar-refractivity contribution in [3.63, 3.8) is 0 Å². The van der Waals surface area contributed by atoms with Gasteiger partial charge in [0.1, 0.15) is 10.6 Å². The molecule has 7 nitrogen and oxygen atoms in total. The summed E-state index contributed by atoms with van der Waals surface area (Å²) in [7, 11) is -2.68. The quantitative estimate of drug-likeness (QED) is 0.449. The number of ether oxygens (including phenoxy) is 1. The van der Waals surface area contributed by atoms with Gasteiger partial charge in [0.15, 0.2) is 0 Å². The average Bonchev–Trinajstić information content (AvgIpc) is 2.74. The number of hydrogen-bond donors (Lipinski definition) is 1. The molecule has 0 fully saturated rings. The molecule has 0 amide bonds. The SMILES string of the molecule is COc1cc([N+](=O)[O-])ccc1S(=O)(=O)NCC(c1ccccc1)c1ccccc1. The Morgan fingerprint density at radius 1 is 0.966 bits per heavy atom. The van der Waals surface area contributed by atoms with E-state index >= 15 is 0 Å². The predicted octanol–water partition coefficient (Wildman–Crippen LogP) is 3.71. The van der Waals surface area contributed by atoms with Crippen molar-refractivity contribution in [3.8, 4) is 5.75 Å². The van der Waals surface area contributed by atoms with E-state index in [0.717, 1.165) is 23.3 Å². The maximum atomic E-state index is 12.9. The average molecular weight is 412 g/mol. The van der Waals surface area contributed by atoms with E-state index in [0.29, 0.717) is 0 Å². The number of nitrogens with one attached hydrogen (secondary N) is 1. The van der Waals surface area contributed by atoms with Gasteiger partial charge in [0.05, 0.1) is 18.1 Å². The molecule has 0 spiro atoms. The van der Waals surface area contributed by atoms with Crippen molar-refractivity contribution < 1.29 is 18.1 Å². The number of methoxy groups -OCH3 is 1. The third-order valence-electron chi connectivity index (χ3n) is 4.53. The maximum Gasteiger partial charge on any atom is 0.273 e. The van der Waals surface area contributed by atoms with Crippen LogP contribution in [0.25, 0.3) is 0 Å². The molecule has 1 N–H and O–H groups in total. The summed E-state index contributed by atoms with van der Waals surface area (Å²) in [4.78, 5) is 10.2. The molecule has 0 aromatic heterocycles. The maximum absolute atomic E-state index is 12.9. The first-order valence-electron chi connectivity index (χ1n) is 8.84. The topological polar surface area (TPSA) is 98.5 Å². The normalized spacial score (nSPS) is 11.4. The molecule has 0 radical (unpaired) electrons. The zero-order chi connectivity index (χ0) is 20.9. The van der Waals surface area contributed by atoms with Crippen LogP contribution in [0.1, 0.15) is 17.0 Å². The fourth-order valence-electron chi connectivity index (χ4n) is 3.06. The van der Waals surface area contributed by atoms with Crippen molar-refractivity contribution in [2.45, 2.75) is 10.8 Å². The molecular weight excluding hydrogens is 392 g/mol. The molecule has 150 valence electrons. The lowest BCUT2D eigenvalue weighted by Crippen LogP contribution is -2.29. The van der Waals surface area contributed by atoms with E-state index in [2.05, 4.69) is 4.72 Å². The van der Waals surface area contributed by atoms with Crippen molar-refractivity contribution in [3.05, 3.63) is 100 Å². The zero-order valence-corrected chi connectivity index (χ0v) is 16.5. The molecule has 0 atom stereocenters. The van der Waals surface area contributed by atoms with Crippen LogP contribution in [0.5, 0.6) is 5.75 Å². The van der Waals surface area contributed by atoms with Gasteiger partial charge in [-0.25, -0.2) is 13.1 Å². The Balaban J connectivity index is 1.90. The van der Waals surface area contributed by atoms with Crippen LogP contribution in [0.2, 0.25) is 0 Å². The molecule has 0 unspecified atom stereocenters. The summed E-state index contributed by atoms with van der Waals surface area (Å²) >= 11 is 0. The van der Waals surface area contributed by atoms with Crippen LogP contribution in [-0.4, -0.2) is 27.0 Å². The van der Waals surface area contributed by atoms with Gasteiger partial charge >= 0.3 is 0 Å². The second-order valence-electron chi connectivity index (χ2n) is 6.32. The van der Waals surface area contributed by atoms with Crippen molar-refractivity contribution in [1.82, 2.24) is 4.72 Å². The number of non-ortho nitro benzene ring substituents is 1. The molecule has 3 aromatic carbocycles. The van der Waals surface area contributed by atoms with Crippen LogP contribution in [-0.2, 0) is 10.0 Å². The third kappa shape index (κ3) is 4.79. The lowest BCUT2D eigenvalue weighted by Gasteiger charge is -2.19. The third-order valence-corrected chi connectivity index (χ3v) is 5.99. The summed E-state index contributed by atoms with van der Waals surface area (Å²) in [6, 6.07) is 22.6. The Hall–Kier alpha value is -3.23. The highest BCUT2D eigenvalue weighted by molar-refractivity contribution is 7.89. The molecule has 3 aromatic rings. The van der Waals surface area contributed by atoms with Gasteiger partial charge in [0.25, 0.3) is 5.69 Å². The lowest BCUT2D eigenvalue weighted by molar-refractivity contribution is -0.385. The van der Waals surface area contributed by atoms with Crippen molar-refractivity contribution in [2.75, 3.05) is 13.7 Å². The van der Waals surface area contributed by atoms with Crippen LogP contribution in [0.3, 0.4) is 0 Å². The van der Waals surface area contributed by atoms with Crippen LogP contribution < -0.4 is 9.46 Å². The first-order valence-corrected chi connectivity index (χ1v) is 10.3. The van der Waals surface area contributed by atoms with E-state index < -0.39 is 14.9 Å². The molecule has 0 saturated carbocycles. The Morgan fingerprint density at radius 2 is 1.52 bits per heavy atom. The van der Waals surface area contributed by atoms with E-state index in [1.807, 2.05) is 60.7 Å². The van der Waals surface area contributed by atoms with Crippen LogP contribution in [0, 0.1) is 10.1 Å². The van der Waals surface area contributed by atoms with Gasteiger partial charge in [0, 0.05) is 18.5 Å². The highest BCUT2D eigenvalue weighted by Crippen LogP contribution is 2.29. The van der Waals surface area contributed by atoms with Gasteiger partial charge in [-0.3, -0.25) is 10.1 Å². The molecule has 0 heterocycles. The molecule has 0 aliphatic heterocycles. The van der Waals surface area contributed by atoms with E-state index in [-0.39, 0.29) is 28.8 Å². The van der Waals surface area contributed by atoms with Gasteiger partial charge in [-0.2, -0.15) is 0 Å². The Morgan fingerprint density at radius 3 is 2.00 bits per heavy atom. The van der Waals surface area contributed by atoms with Gasteiger partial charge in [-0.05, 0) is 17.2 Å². The minimum absolute atomic E-state index is 0.0809. The van der Waals surface area contributed by atoms with Gasteiger partial charge in [-0.1, -0.05) is 60.7 Å². The number of hydrogen-bond acceptors (Lipinski definition) is 5. The summed E-state index contributed by atoms with van der Waals surface area (Å²) in [6.45, 7) is 0.122. The monoisotopic (exact) mass is 412 g/mol. The zero-order valence-electron chi connectivity index (χ0n) is 15.7. The molecule has 0 saturated heterocycles. The smallest absolute Gasteiger partial charge is 0.273 e. The number of sulfonamides is 1. The largest absolute Gasteiger partial charge is 0.495 e. The Kier molecular flexibility index (Phi) is 6.26. The highest BCUT2D eigenvalue weighted by Gasteiger charge is 2.24. The first-order chi connectivity index (χ1) is 13.9. The number of nitro benzene ring substituents is 1. The predicted molar refractivity (Wildman–Crippen MR) is 110 cm³/mol. The highest BCUT2D eigenvalue weighted by atomic mass is 32.2. The molecule has 29 heavy (non-hydrogen) atoms. The molecule has 0 aliphatic carbocycles. The molecular formula is C21H20N2O5S. The minimum atomic E-state index is -3.95. The number of nitro groups is 1. The summed E-state index contributed by atoms with van der Waals surface area (Å²) in [5, 5.41) is 10.9. The fourth-order valence-corrected chi connectivity index (χ4v) is 4.26. The van der Waals surface area contributed by atoms with Crippen molar-refractivity contribution >= 4 is 15.7 Å². The summed E-state index contributed by atoms with van der Waals surface area (Å²) in [6.07, 6.45) is 0. The summed E-state index contributed by atoms with van der Waals surface area (Å²) in [5.41, 5.74) is 1.70. The van der Waals surface area contributed by atoms with Crippen molar-refractivity contribution in [1.29, 1.82) is 0 Å². The molecule has 3 rings (SSSR count). The van der Waals surface area contributed by atoms with E-state index in [4.69, 9.17) is 4.74 Å². The van der Waals surface area contributed by atoms with Crippen LogP contribution in [0.4, 0.5) is 5.69 Å². The van der Waals surface area contributed by atoms with Crippen LogP contribution >= 0.6 is 0 Å². The minimum Gasteiger partial charge on any atom is -0.495 e. The number of rotatable bonds is 8. The Labute approximate surface area is 169 Å². The van der Waals surface area contributed by atoms with Gasteiger partial charge < -0.3 is 4.74 Å². The van der Waals surface area contributed by atoms with Crippen LogP contribution in [0.15, 0.2) is 83.8 Å². The van der Waals surface area contributed by atoms with Gasteiger partial charge in [-0.15, -0.1) is 0 Å². The van der Waals surface area contributed by atoms with E-state index in [1.165, 1.54) is 13.2 Å². The second kappa shape index (κ2) is 8.85. The summed E-state index contributed by atoms with van der Waals surface area (Å²) in [5.74, 6) is -0.279. The number of nitrogens with zero attached hydrogens (tertiary/aromatic N) is 1. The number of benzene rings is 3. The van der Waals surface area contributed by atoms with E-state index in [9.17, 15) is 18.5 Å².